The van der Waals surface area contributed by atoms with Gasteiger partial charge in [0.1, 0.15) is 11.6 Å². The Balaban J connectivity index is 1.67. The number of allylic oxidation sites excluding steroid dienone is 1. The predicted molar refractivity (Wildman–Crippen MR) is 105 cm³/mol. The van der Waals surface area contributed by atoms with E-state index in [2.05, 4.69) is 6.58 Å². The van der Waals surface area contributed by atoms with E-state index < -0.39 is 11.9 Å². The van der Waals surface area contributed by atoms with Crippen LogP contribution in [0.2, 0.25) is 0 Å². The van der Waals surface area contributed by atoms with Crippen molar-refractivity contribution in [1.29, 1.82) is 0 Å². The fraction of sp³-hybridized carbons (Fsp3) is 0.348. The van der Waals surface area contributed by atoms with Crippen LogP contribution in [-0.2, 0) is 4.79 Å². The molecule has 0 N–H and O–H groups in total. The molecule has 1 fully saturated rings. The first kappa shape index (κ1) is 20.2. The summed E-state index contributed by atoms with van der Waals surface area (Å²) in [6.07, 6.45) is 6.23. The number of fused-ring (bicyclic) bond motifs is 1. The summed E-state index contributed by atoms with van der Waals surface area (Å²) in [6.45, 7) is 3.75. The Morgan fingerprint density at radius 3 is 2.57 bits per heavy atom. The number of hydrogen-bond donors (Lipinski definition) is 0. The molecule has 2 aromatic rings. The Bertz CT molecular complexity index is 892. The van der Waals surface area contributed by atoms with Crippen LogP contribution in [0, 0.1) is 17.7 Å². The molecule has 148 valence electrons. The van der Waals surface area contributed by atoms with Crippen LogP contribution in [0.1, 0.15) is 44.1 Å². The fourth-order valence-electron chi connectivity index (χ4n) is 3.82. The molecule has 2 aromatic carbocycles. The third-order valence-corrected chi connectivity index (χ3v) is 5.40. The molecule has 0 aromatic heterocycles. The summed E-state index contributed by atoms with van der Waals surface area (Å²) in [7, 11) is 0. The van der Waals surface area contributed by atoms with Crippen LogP contribution in [0.25, 0.3) is 16.8 Å². The molecule has 0 amide bonds. The molecule has 1 saturated carbocycles. The van der Waals surface area contributed by atoms with Crippen molar-refractivity contribution in [3.05, 3.63) is 60.4 Å². The van der Waals surface area contributed by atoms with Gasteiger partial charge in [0.05, 0.1) is 5.92 Å². The maximum absolute atomic E-state index is 14.3. The van der Waals surface area contributed by atoms with Crippen LogP contribution in [-0.4, -0.2) is 5.97 Å². The summed E-state index contributed by atoms with van der Waals surface area (Å²) in [5.74, 6) is -0.122. The molecule has 2 nitrogen and oxygen atoms in total. The summed E-state index contributed by atoms with van der Waals surface area (Å²) in [5, 5.41) is 0.699. The summed E-state index contributed by atoms with van der Waals surface area (Å²) in [6, 6.07) is 7.33. The van der Waals surface area contributed by atoms with E-state index in [1.54, 1.807) is 6.07 Å². The number of carbonyl (C=O) groups excluding carboxylic acids is 1. The van der Waals surface area contributed by atoms with Crippen LogP contribution >= 0.6 is 0 Å². The smallest absolute Gasteiger partial charge is 0.314 e. The van der Waals surface area contributed by atoms with E-state index in [0.717, 1.165) is 38.5 Å². The molecular formula is C23H23F3O2. The number of ether oxygens (including phenoxy) is 1. The molecule has 5 heteroatoms. The molecule has 28 heavy (non-hydrogen) atoms. The summed E-state index contributed by atoms with van der Waals surface area (Å²) < 4.78 is 44.7. The zero-order valence-corrected chi connectivity index (χ0v) is 15.6. The Labute approximate surface area is 162 Å². The zero-order chi connectivity index (χ0) is 20.1. The number of benzene rings is 2. The Hall–Kier alpha value is -2.56. The maximum Gasteiger partial charge on any atom is 0.314 e. The number of rotatable bonds is 6. The van der Waals surface area contributed by atoms with Gasteiger partial charge in [-0.15, -0.1) is 6.58 Å². The molecule has 0 aliphatic heterocycles. The SMILES string of the molecule is C=CCCC1CCC(C(=O)Oc2ccc3c(F)c(C=C(F)F)ccc3c2)CC1. The minimum absolute atomic E-state index is 0.118. The molecule has 0 spiro atoms. The Morgan fingerprint density at radius 2 is 1.89 bits per heavy atom. The van der Waals surface area contributed by atoms with E-state index in [-0.39, 0.29) is 22.8 Å². The Kier molecular flexibility index (Phi) is 6.55. The molecule has 0 atom stereocenters. The van der Waals surface area contributed by atoms with Crippen molar-refractivity contribution in [3.8, 4) is 5.75 Å². The highest BCUT2D eigenvalue weighted by Gasteiger charge is 2.27. The van der Waals surface area contributed by atoms with Crippen molar-refractivity contribution >= 4 is 22.8 Å². The van der Waals surface area contributed by atoms with E-state index in [4.69, 9.17) is 4.74 Å². The van der Waals surface area contributed by atoms with Crippen LogP contribution < -0.4 is 4.74 Å². The van der Waals surface area contributed by atoms with Gasteiger partial charge in [-0.05, 0) is 68.0 Å². The second kappa shape index (κ2) is 9.09. The third kappa shape index (κ3) is 4.83. The topological polar surface area (TPSA) is 26.3 Å². The lowest BCUT2D eigenvalue weighted by molar-refractivity contribution is -0.140. The molecule has 0 saturated heterocycles. The second-order valence-electron chi connectivity index (χ2n) is 7.29. The lowest BCUT2D eigenvalue weighted by Gasteiger charge is -2.26. The number of hydrogen-bond acceptors (Lipinski definition) is 2. The van der Waals surface area contributed by atoms with Crippen LogP contribution in [0.5, 0.6) is 5.75 Å². The molecule has 3 rings (SSSR count). The van der Waals surface area contributed by atoms with Gasteiger partial charge in [-0.1, -0.05) is 18.2 Å². The maximum atomic E-state index is 14.3. The highest BCUT2D eigenvalue weighted by atomic mass is 19.3. The fourth-order valence-corrected chi connectivity index (χ4v) is 3.82. The normalized spacial score (nSPS) is 19.2. The van der Waals surface area contributed by atoms with E-state index in [9.17, 15) is 18.0 Å². The van der Waals surface area contributed by atoms with Crippen molar-refractivity contribution in [2.75, 3.05) is 0 Å². The highest BCUT2D eigenvalue weighted by Crippen LogP contribution is 2.33. The van der Waals surface area contributed by atoms with Gasteiger partial charge < -0.3 is 4.74 Å². The van der Waals surface area contributed by atoms with Crippen LogP contribution in [0.15, 0.2) is 49.1 Å². The molecule has 0 unspecified atom stereocenters. The summed E-state index contributed by atoms with van der Waals surface area (Å²) >= 11 is 0. The molecule has 1 aliphatic carbocycles. The molecule has 0 bridgehead atoms. The zero-order valence-electron chi connectivity index (χ0n) is 15.6. The number of esters is 1. The standard InChI is InChI=1S/C23H23F3O2/c1-2-3-4-15-5-7-16(8-6-15)23(27)28-19-11-12-20-17(13-19)9-10-18(22(20)26)14-21(24)25/h2,9-16H,1,3-8H2. The quantitative estimate of drug-likeness (QED) is 0.306. The largest absolute Gasteiger partial charge is 0.426 e. The van der Waals surface area contributed by atoms with Gasteiger partial charge >= 0.3 is 5.97 Å². The van der Waals surface area contributed by atoms with Gasteiger partial charge in [-0.25, -0.2) is 4.39 Å². The Morgan fingerprint density at radius 1 is 1.14 bits per heavy atom. The second-order valence-corrected chi connectivity index (χ2v) is 7.29. The van der Waals surface area contributed by atoms with Crippen LogP contribution in [0.3, 0.4) is 0 Å². The first-order valence-corrected chi connectivity index (χ1v) is 9.55. The van der Waals surface area contributed by atoms with Crippen molar-refractivity contribution in [2.45, 2.75) is 38.5 Å². The van der Waals surface area contributed by atoms with Gasteiger partial charge in [-0.3, -0.25) is 4.79 Å². The number of halogens is 3. The number of carbonyl (C=O) groups is 1. The molecule has 0 radical (unpaired) electrons. The molecule has 0 heterocycles. The van der Waals surface area contributed by atoms with E-state index in [0.29, 0.717) is 23.1 Å². The van der Waals surface area contributed by atoms with Crippen molar-refractivity contribution in [3.63, 3.8) is 0 Å². The average molecular weight is 388 g/mol. The van der Waals surface area contributed by atoms with Crippen LogP contribution in [0.4, 0.5) is 13.2 Å². The van der Waals surface area contributed by atoms with Gasteiger partial charge in [-0.2, -0.15) is 8.78 Å². The first-order chi connectivity index (χ1) is 13.5. The van der Waals surface area contributed by atoms with Crippen molar-refractivity contribution < 1.29 is 22.7 Å². The monoisotopic (exact) mass is 388 g/mol. The van der Waals surface area contributed by atoms with Crippen molar-refractivity contribution in [1.82, 2.24) is 0 Å². The predicted octanol–water partition coefficient (Wildman–Crippen LogP) is 6.89. The first-order valence-electron chi connectivity index (χ1n) is 9.55. The summed E-state index contributed by atoms with van der Waals surface area (Å²) in [4.78, 5) is 12.5. The van der Waals surface area contributed by atoms with E-state index in [1.165, 1.54) is 24.3 Å². The summed E-state index contributed by atoms with van der Waals surface area (Å²) in [5.41, 5.74) is -0.176. The molecule has 1 aliphatic rings. The minimum atomic E-state index is -1.96. The highest BCUT2D eigenvalue weighted by molar-refractivity contribution is 5.87. The minimum Gasteiger partial charge on any atom is -0.426 e. The van der Waals surface area contributed by atoms with Gasteiger partial charge in [0, 0.05) is 17.0 Å². The third-order valence-electron chi connectivity index (χ3n) is 5.40. The molecular weight excluding hydrogens is 365 g/mol. The van der Waals surface area contributed by atoms with E-state index >= 15 is 0 Å². The lowest BCUT2D eigenvalue weighted by Crippen LogP contribution is -2.25. The van der Waals surface area contributed by atoms with Gasteiger partial charge in [0.25, 0.3) is 6.08 Å². The van der Waals surface area contributed by atoms with Crippen molar-refractivity contribution in [2.24, 2.45) is 11.8 Å². The van der Waals surface area contributed by atoms with Gasteiger partial charge in [0.2, 0.25) is 0 Å². The lowest BCUT2D eigenvalue weighted by atomic mass is 9.80. The van der Waals surface area contributed by atoms with E-state index in [1.807, 2.05) is 6.08 Å². The van der Waals surface area contributed by atoms with Gasteiger partial charge in [0.15, 0.2) is 0 Å². The average Bonchev–Trinajstić information content (AvgIpc) is 2.68.